The molecule has 37 heavy (non-hydrogen) atoms. The number of aromatic amines is 1. The first-order valence-corrected chi connectivity index (χ1v) is 16.3. The van der Waals surface area contributed by atoms with Crippen LogP contribution in [0.15, 0.2) is 12.5 Å². The van der Waals surface area contributed by atoms with Crippen molar-refractivity contribution in [2.45, 2.75) is 71.8 Å². The first-order chi connectivity index (χ1) is 17.5. The maximum atomic E-state index is 11.5. The molecule has 1 aliphatic carbocycles. The van der Waals surface area contributed by atoms with E-state index in [4.69, 9.17) is 0 Å². The highest BCUT2D eigenvalue weighted by Gasteiger charge is 2.46. The molecule has 0 spiro atoms. The summed E-state index contributed by atoms with van der Waals surface area (Å²) in [6.07, 6.45) is 8.27. The number of pyridine rings is 1. The van der Waals surface area contributed by atoms with E-state index in [2.05, 4.69) is 60.8 Å². The third-order valence-electron chi connectivity index (χ3n) is 8.89. The van der Waals surface area contributed by atoms with E-state index in [9.17, 15) is 8.42 Å². The molecule has 0 aromatic carbocycles. The number of nitrogens with one attached hydrogen (secondary N) is 1. The summed E-state index contributed by atoms with van der Waals surface area (Å²) in [6, 6.07) is 0.592. The van der Waals surface area contributed by atoms with Crippen molar-refractivity contribution in [2.24, 2.45) is 5.92 Å². The lowest BCUT2D eigenvalue weighted by molar-refractivity contribution is 0.201. The number of aryl methyl sites for hydroxylation is 2. The van der Waals surface area contributed by atoms with Crippen molar-refractivity contribution in [1.29, 1.82) is 0 Å². The van der Waals surface area contributed by atoms with E-state index in [0.717, 1.165) is 25.2 Å². The van der Waals surface area contributed by atoms with Gasteiger partial charge in [0, 0.05) is 40.9 Å². The third-order valence-corrected chi connectivity index (χ3v) is 11.3. The fourth-order valence-electron chi connectivity index (χ4n) is 7.02. The average molecular weight is 540 g/mol. The Hall–Kier alpha value is -2.23. The number of likely N-dealkylation sites (tertiary alicyclic amines) is 1. The molecule has 2 aliphatic rings. The van der Waals surface area contributed by atoms with Crippen LogP contribution < -0.4 is 0 Å². The Morgan fingerprint density at radius 1 is 1.16 bits per heavy atom. The molecule has 0 amide bonds. The molecule has 1 unspecified atom stereocenters. The highest BCUT2D eigenvalue weighted by Crippen LogP contribution is 2.53. The van der Waals surface area contributed by atoms with Gasteiger partial charge in [0.15, 0.2) is 5.65 Å². The Morgan fingerprint density at radius 3 is 2.62 bits per heavy atom. The zero-order valence-electron chi connectivity index (χ0n) is 22.6. The predicted octanol–water partition coefficient (Wildman–Crippen LogP) is 5.60. The first kappa shape index (κ1) is 25.1. The minimum absolute atomic E-state index is 0.294. The molecule has 2 bridgehead atoms. The van der Waals surface area contributed by atoms with Crippen LogP contribution in [0.5, 0.6) is 0 Å². The maximum absolute atomic E-state index is 11.5. The normalized spacial score (nSPS) is 22.4. The molecule has 1 N–H and O–H groups in total. The summed E-state index contributed by atoms with van der Waals surface area (Å²) in [6.45, 7) is 13.2. The lowest BCUT2D eigenvalue weighted by Crippen LogP contribution is -2.36. The minimum Gasteiger partial charge on any atom is -0.346 e. The summed E-state index contributed by atoms with van der Waals surface area (Å²) in [5.41, 5.74) is 8.61. The van der Waals surface area contributed by atoms with Crippen LogP contribution in [0.4, 0.5) is 0 Å². The van der Waals surface area contributed by atoms with Crippen LogP contribution in [0.2, 0.25) is 0 Å². The maximum Gasteiger partial charge on any atom is 0.158 e. The smallest absolute Gasteiger partial charge is 0.158 e. The van der Waals surface area contributed by atoms with Gasteiger partial charge in [-0.15, -0.1) is 11.3 Å². The second-order valence-electron chi connectivity index (χ2n) is 11.7. The van der Waals surface area contributed by atoms with Gasteiger partial charge in [0.1, 0.15) is 21.0 Å². The second kappa shape index (κ2) is 8.92. The third kappa shape index (κ3) is 4.14. The molecule has 7 nitrogen and oxygen atoms in total. The molecule has 9 heteroatoms. The number of nitrogens with zero attached hydrogens (tertiary/aromatic N) is 4. The summed E-state index contributed by atoms with van der Waals surface area (Å²) in [7, 11) is -2.88. The summed E-state index contributed by atoms with van der Waals surface area (Å²) < 4.78 is 25.0. The number of rotatable bonds is 7. The van der Waals surface area contributed by atoms with Gasteiger partial charge in [-0.25, -0.2) is 17.9 Å². The van der Waals surface area contributed by atoms with Crippen LogP contribution in [0.3, 0.4) is 0 Å². The van der Waals surface area contributed by atoms with Crippen LogP contribution in [-0.2, 0) is 9.84 Å². The van der Waals surface area contributed by atoms with E-state index in [1.54, 1.807) is 11.2 Å². The number of thiophene rings is 1. The van der Waals surface area contributed by atoms with E-state index in [-0.39, 0.29) is 0 Å². The second-order valence-corrected chi connectivity index (χ2v) is 15.0. The van der Waals surface area contributed by atoms with Crippen LogP contribution in [0, 0.1) is 26.7 Å². The number of H-pyrrole nitrogens is 1. The fraction of sp³-hybridized carbons (Fsp3) is 0.571. The monoisotopic (exact) mass is 539 g/mol. The molecule has 1 aliphatic heterocycles. The van der Waals surface area contributed by atoms with Crippen molar-refractivity contribution < 1.29 is 8.42 Å². The number of piperidine rings is 1. The predicted molar refractivity (Wildman–Crippen MR) is 152 cm³/mol. The van der Waals surface area contributed by atoms with Crippen LogP contribution in [0.25, 0.3) is 27.1 Å². The zero-order chi connectivity index (χ0) is 26.2. The average Bonchev–Trinajstić information content (AvgIpc) is 3.62. The largest absolute Gasteiger partial charge is 0.346 e. The van der Waals surface area contributed by atoms with Crippen molar-refractivity contribution in [1.82, 2.24) is 24.5 Å². The molecule has 2 fully saturated rings. The number of fused-ring (bicyclic) bond motifs is 4. The van der Waals surface area contributed by atoms with Crippen LogP contribution in [-0.4, -0.2) is 64.0 Å². The topological polar surface area (TPSA) is 83.4 Å². The van der Waals surface area contributed by atoms with Gasteiger partial charge in [-0.3, -0.25) is 0 Å². The zero-order valence-corrected chi connectivity index (χ0v) is 24.3. The Morgan fingerprint density at radius 2 is 1.95 bits per heavy atom. The molecule has 1 saturated carbocycles. The molecule has 0 radical (unpaired) electrons. The van der Waals surface area contributed by atoms with E-state index >= 15 is 0 Å². The minimum atomic E-state index is -2.88. The van der Waals surface area contributed by atoms with Crippen molar-refractivity contribution in [3.63, 3.8) is 0 Å². The van der Waals surface area contributed by atoms with Gasteiger partial charge >= 0.3 is 0 Å². The summed E-state index contributed by atoms with van der Waals surface area (Å²) >= 11 is 1.96. The van der Waals surface area contributed by atoms with Crippen LogP contribution in [0.1, 0.15) is 72.1 Å². The van der Waals surface area contributed by atoms with E-state index in [0.29, 0.717) is 29.5 Å². The van der Waals surface area contributed by atoms with Gasteiger partial charge in [-0.05, 0) is 86.6 Å². The first-order valence-electron chi connectivity index (χ1n) is 13.4. The number of sulfone groups is 1. The van der Waals surface area contributed by atoms with Crippen LogP contribution >= 0.6 is 11.3 Å². The summed E-state index contributed by atoms with van der Waals surface area (Å²) in [5.74, 6) is 1.97. The summed E-state index contributed by atoms with van der Waals surface area (Å²) in [4.78, 5) is 13.7. The Balaban J connectivity index is 1.32. The molecule has 6 rings (SSSR count). The van der Waals surface area contributed by atoms with Crippen molar-refractivity contribution >= 4 is 37.0 Å². The Labute approximate surface area is 223 Å². The number of hydrogen-bond donors (Lipinski definition) is 1. The summed E-state index contributed by atoms with van der Waals surface area (Å²) in [5, 5.41) is 5.84. The lowest BCUT2D eigenvalue weighted by atomic mass is 9.88. The molecule has 4 aromatic rings. The van der Waals surface area contributed by atoms with Gasteiger partial charge in [-0.1, -0.05) is 13.8 Å². The highest BCUT2D eigenvalue weighted by atomic mass is 32.2. The molecule has 1 saturated heterocycles. The molecule has 4 aromatic heterocycles. The van der Waals surface area contributed by atoms with E-state index in [1.165, 1.54) is 62.8 Å². The quantitative estimate of drug-likeness (QED) is 0.331. The highest BCUT2D eigenvalue weighted by molar-refractivity contribution is 7.90. The molecule has 5 heterocycles. The molecule has 198 valence electrons. The Bertz CT molecular complexity index is 1610. The van der Waals surface area contributed by atoms with Gasteiger partial charge in [-0.2, -0.15) is 5.10 Å². The van der Waals surface area contributed by atoms with Crippen molar-refractivity contribution in [3.8, 4) is 11.3 Å². The molecular weight excluding hydrogens is 502 g/mol. The number of aromatic nitrogens is 4. The lowest BCUT2D eigenvalue weighted by Gasteiger charge is -2.31. The number of hydrogen-bond acceptors (Lipinski definition) is 6. The van der Waals surface area contributed by atoms with E-state index < -0.39 is 9.84 Å². The van der Waals surface area contributed by atoms with Crippen molar-refractivity contribution in [3.05, 3.63) is 39.7 Å². The van der Waals surface area contributed by atoms with Gasteiger partial charge in [0.25, 0.3) is 0 Å². The van der Waals surface area contributed by atoms with Crippen molar-refractivity contribution in [2.75, 3.05) is 25.1 Å². The SMILES string of the molecule is Cc1c(-c2[nH]c3sc([C@@H]4CC5C[C@H]4CN5CCCS(C)(=O)=O)c(C)c3c2C(C)C)cn2ncnc2c1C. The molecule has 3 atom stereocenters. The van der Waals surface area contributed by atoms with E-state index in [1.807, 2.05) is 15.9 Å². The standard InChI is InChI=1S/C28H37N5O2S2/c1-15(2)23-24-18(5)26(21-11-20-10-19(21)12-32(20)8-7-9-37(6,34)35)36-28(24)31-25(23)22-13-33-27(29-14-30-33)17(4)16(22)3/h13-15,19-21,31H,7-12H2,1-6H3/t19-,20?,21+/m0/s1. The van der Waals surface area contributed by atoms with Gasteiger partial charge in [0.05, 0.1) is 11.4 Å². The Kier molecular flexibility index (Phi) is 6.04. The van der Waals surface area contributed by atoms with Gasteiger partial charge in [0.2, 0.25) is 0 Å². The molecular formula is C28H37N5O2S2. The van der Waals surface area contributed by atoms with Gasteiger partial charge < -0.3 is 9.88 Å². The fourth-order valence-corrected chi connectivity index (χ4v) is 9.10.